The molecule has 0 fully saturated rings. The van der Waals surface area contributed by atoms with Gasteiger partial charge in [-0.1, -0.05) is 12.1 Å². The molecule has 0 aliphatic heterocycles. The van der Waals surface area contributed by atoms with E-state index in [0.29, 0.717) is 34.1 Å². The van der Waals surface area contributed by atoms with Crippen LogP contribution in [0.15, 0.2) is 59.1 Å². The molecular weight excluding hydrogens is 354 g/mol. The fourth-order valence-corrected chi connectivity index (χ4v) is 3.12. The summed E-state index contributed by atoms with van der Waals surface area (Å²) in [5.41, 5.74) is 5.04. The fourth-order valence-electron chi connectivity index (χ4n) is 3.12. The van der Waals surface area contributed by atoms with Gasteiger partial charge in [0.05, 0.1) is 12.7 Å². The number of nitrogens with zero attached hydrogens (tertiary/aromatic N) is 2. The van der Waals surface area contributed by atoms with Gasteiger partial charge in [0.15, 0.2) is 11.2 Å². The third-order valence-electron chi connectivity index (χ3n) is 4.55. The second-order valence-corrected chi connectivity index (χ2v) is 6.48. The zero-order chi connectivity index (χ0) is 19.7. The molecule has 0 aliphatic carbocycles. The van der Waals surface area contributed by atoms with Gasteiger partial charge in [0.1, 0.15) is 5.75 Å². The summed E-state index contributed by atoms with van der Waals surface area (Å²) in [6.07, 6.45) is 1.68. The number of methoxy groups -OCH3 is 1. The highest BCUT2D eigenvalue weighted by molar-refractivity contribution is 6.06. The van der Waals surface area contributed by atoms with Gasteiger partial charge < -0.3 is 14.5 Å². The third kappa shape index (κ3) is 3.20. The number of carbonyl (C=O) groups excluding carboxylic acids is 1. The molecular formula is C22H19N3O3. The van der Waals surface area contributed by atoms with Gasteiger partial charge in [-0.15, -0.1) is 0 Å². The van der Waals surface area contributed by atoms with Gasteiger partial charge in [-0.3, -0.25) is 4.79 Å². The average molecular weight is 373 g/mol. The van der Waals surface area contributed by atoms with Crippen LogP contribution < -0.4 is 10.1 Å². The van der Waals surface area contributed by atoms with Crippen molar-refractivity contribution in [2.45, 2.75) is 13.8 Å². The molecule has 0 saturated heterocycles. The molecule has 6 heteroatoms. The average Bonchev–Trinajstić information content (AvgIpc) is 3.13. The Morgan fingerprint density at radius 2 is 1.93 bits per heavy atom. The molecule has 2 heterocycles. The molecule has 0 aliphatic rings. The minimum Gasteiger partial charge on any atom is -0.496 e. The maximum atomic E-state index is 12.7. The lowest BCUT2D eigenvalue weighted by Gasteiger charge is -2.13. The van der Waals surface area contributed by atoms with E-state index in [1.54, 1.807) is 25.4 Å². The number of hydrogen-bond donors (Lipinski definition) is 1. The number of para-hydroxylation sites is 1. The highest BCUT2D eigenvalue weighted by Gasteiger charge is 2.16. The monoisotopic (exact) mass is 373 g/mol. The summed E-state index contributed by atoms with van der Waals surface area (Å²) in [7, 11) is 1.56. The minimum atomic E-state index is -0.220. The number of amides is 1. The maximum Gasteiger partial charge on any atom is 0.259 e. The molecule has 28 heavy (non-hydrogen) atoms. The van der Waals surface area contributed by atoms with Crippen molar-refractivity contribution in [3.05, 3.63) is 71.4 Å². The number of nitrogens with one attached hydrogen (secondary N) is 1. The van der Waals surface area contributed by atoms with E-state index < -0.39 is 0 Å². The summed E-state index contributed by atoms with van der Waals surface area (Å²) in [4.78, 5) is 21.3. The molecule has 4 aromatic rings. The topological polar surface area (TPSA) is 77.2 Å². The molecule has 0 atom stereocenters. The molecule has 0 spiro atoms. The van der Waals surface area contributed by atoms with E-state index in [2.05, 4.69) is 15.3 Å². The van der Waals surface area contributed by atoms with Crippen molar-refractivity contribution in [1.82, 2.24) is 9.97 Å². The van der Waals surface area contributed by atoms with E-state index in [4.69, 9.17) is 9.15 Å². The molecule has 2 aromatic carbocycles. The van der Waals surface area contributed by atoms with Gasteiger partial charge in [0.2, 0.25) is 5.89 Å². The van der Waals surface area contributed by atoms with E-state index in [9.17, 15) is 4.79 Å². The van der Waals surface area contributed by atoms with Crippen LogP contribution in [0.3, 0.4) is 0 Å². The first-order valence-electron chi connectivity index (χ1n) is 8.84. The highest BCUT2D eigenvalue weighted by atomic mass is 16.5. The Bertz CT molecular complexity index is 1150. The number of hydrogen-bond acceptors (Lipinski definition) is 5. The molecule has 1 N–H and O–H groups in total. The number of anilines is 1. The number of rotatable bonds is 4. The second kappa shape index (κ2) is 7.15. The van der Waals surface area contributed by atoms with Gasteiger partial charge in [-0.05, 0) is 61.4 Å². The van der Waals surface area contributed by atoms with Crippen molar-refractivity contribution >= 4 is 22.8 Å². The van der Waals surface area contributed by atoms with Crippen LogP contribution in [0.4, 0.5) is 5.69 Å². The molecule has 0 unspecified atom stereocenters. The zero-order valence-corrected chi connectivity index (χ0v) is 15.8. The summed E-state index contributed by atoms with van der Waals surface area (Å²) in [5.74, 6) is 0.853. The Kier molecular flexibility index (Phi) is 4.53. The number of fused-ring (bicyclic) bond motifs is 1. The summed E-state index contributed by atoms with van der Waals surface area (Å²) < 4.78 is 11.1. The standard InChI is InChI=1S/C22H19N3O3/c1-13-6-4-7-16(19(13)27-3)21(26)24-17-10-9-15(12-14(17)2)22-25-20-18(28-22)8-5-11-23-20/h4-12H,1-3H3,(H,24,26). The smallest absolute Gasteiger partial charge is 0.259 e. The van der Waals surface area contributed by atoms with Crippen LogP contribution in [0.5, 0.6) is 5.75 Å². The van der Waals surface area contributed by atoms with Crippen molar-refractivity contribution in [1.29, 1.82) is 0 Å². The summed E-state index contributed by atoms with van der Waals surface area (Å²) >= 11 is 0. The van der Waals surface area contributed by atoms with Gasteiger partial charge in [-0.2, -0.15) is 4.98 Å². The predicted molar refractivity (Wildman–Crippen MR) is 108 cm³/mol. The molecule has 0 saturated carbocycles. The van der Waals surface area contributed by atoms with E-state index >= 15 is 0 Å². The quantitative estimate of drug-likeness (QED) is 0.558. The van der Waals surface area contributed by atoms with Crippen molar-refractivity contribution in [2.75, 3.05) is 12.4 Å². The largest absolute Gasteiger partial charge is 0.496 e. The molecule has 2 aromatic heterocycles. The van der Waals surface area contributed by atoms with E-state index in [-0.39, 0.29) is 5.91 Å². The Labute approximate surface area is 162 Å². The van der Waals surface area contributed by atoms with Crippen LogP contribution in [0.25, 0.3) is 22.7 Å². The van der Waals surface area contributed by atoms with Crippen molar-refractivity contribution in [3.8, 4) is 17.2 Å². The molecule has 0 bridgehead atoms. The van der Waals surface area contributed by atoms with Crippen molar-refractivity contribution in [3.63, 3.8) is 0 Å². The lowest BCUT2D eigenvalue weighted by atomic mass is 10.1. The highest BCUT2D eigenvalue weighted by Crippen LogP contribution is 2.28. The number of ether oxygens (including phenoxy) is 1. The number of benzene rings is 2. The molecule has 1 amide bonds. The van der Waals surface area contributed by atoms with Crippen LogP contribution in [-0.4, -0.2) is 23.0 Å². The van der Waals surface area contributed by atoms with Gasteiger partial charge in [-0.25, -0.2) is 4.98 Å². The molecule has 140 valence electrons. The molecule has 6 nitrogen and oxygen atoms in total. The summed E-state index contributed by atoms with van der Waals surface area (Å²) in [6, 6.07) is 14.8. The summed E-state index contributed by atoms with van der Waals surface area (Å²) in [6.45, 7) is 3.83. The Balaban J connectivity index is 1.62. The van der Waals surface area contributed by atoms with Crippen LogP contribution in [0, 0.1) is 13.8 Å². The van der Waals surface area contributed by atoms with Gasteiger partial charge in [0, 0.05) is 17.4 Å². The maximum absolute atomic E-state index is 12.7. The first kappa shape index (κ1) is 17.7. The van der Waals surface area contributed by atoms with Crippen LogP contribution in [0.2, 0.25) is 0 Å². The van der Waals surface area contributed by atoms with E-state index in [1.807, 2.05) is 50.2 Å². The van der Waals surface area contributed by atoms with E-state index in [1.165, 1.54) is 0 Å². The Morgan fingerprint density at radius 3 is 2.68 bits per heavy atom. The van der Waals surface area contributed by atoms with E-state index in [0.717, 1.165) is 16.7 Å². The van der Waals surface area contributed by atoms with Gasteiger partial charge in [0.25, 0.3) is 5.91 Å². The first-order chi connectivity index (χ1) is 13.6. The Hall–Kier alpha value is -3.67. The first-order valence-corrected chi connectivity index (χ1v) is 8.84. The third-order valence-corrected chi connectivity index (χ3v) is 4.55. The fraction of sp³-hybridized carbons (Fsp3) is 0.136. The normalized spacial score (nSPS) is 10.8. The van der Waals surface area contributed by atoms with Crippen LogP contribution in [-0.2, 0) is 0 Å². The zero-order valence-electron chi connectivity index (χ0n) is 15.8. The van der Waals surface area contributed by atoms with Gasteiger partial charge >= 0.3 is 0 Å². The van der Waals surface area contributed by atoms with Crippen molar-refractivity contribution in [2.24, 2.45) is 0 Å². The number of carbonyl (C=O) groups is 1. The van der Waals surface area contributed by atoms with Crippen molar-refractivity contribution < 1.29 is 13.9 Å². The number of pyridine rings is 1. The lowest BCUT2D eigenvalue weighted by molar-refractivity contribution is 0.102. The second-order valence-electron chi connectivity index (χ2n) is 6.48. The number of oxazole rings is 1. The number of aromatic nitrogens is 2. The van der Waals surface area contributed by atoms with Crippen LogP contribution >= 0.6 is 0 Å². The lowest BCUT2D eigenvalue weighted by Crippen LogP contribution is -2.14. The SMILES string of the molecule is COc1c(C)cccc1C(=O)Nc1ccc(-c2nc3ncccc3o2)cc1C. The summed E-state index contributed by atoms with van der Waals surface area (Å²) in [5, 5.41) is 2.95. The van der Waals surface area contributed by atoms with Crippen LogP contribution in [0.1, 0.15) is 21.5 Å². The molecule has 0 radical (unpaired) electrons. The predicted octanol–water partition coefficient (Wildman–Crippen LogP) is 4.77. The Morgan fingerprint density at radius 1 is 1.07 bits per heavy atom. The molecule has 4 rings (SSSR count). The minimum absolute atomic E-state index is 0.220. The number of aryl methyl sites for hydroxylation is 2.